The van der Waals surface area contributed by atoms with Crippen LogP contribution >= 0.6 is 11.3 Å². The second kappa shape index (κ2) is 4.68. The highest BCUT2D eigenvalue weighted by atomic mass is 32.1. The van der Waals surface area contributed by atoms with Crippen LogP contribution in [-0.2, 0) is 0 Å². The second-order valence-electron chi connectivity index (χ2n) is 2.81. The van der Waals surface area contributed by atoms with E-state index in [4.69, 9.17) is 11.1 Å². The molecule has 0 radical (unpaired) electrons. The molecule has 2 heterocycles. The van der Waals surface area contributed by atoms with Crippen molar-refractivity contribution in [1.29, 1.82) is 5.41 Å². The number of guanidine groups is 1. The molecule has 0 spiro atoms. The van der Waals surface area contributed by atoms with Gasteiger partial charge in [-0.1, -0.05) is 0 Å². The number of hydrogen-bond donors (Lipinski definition) is 4. The molecular weight excluding hydrogens is 230 g/mol. The maximum Gasteiger partial charge on any atom is 0.192 e. The van der Waals surface area contributed by atoms with Crippen LogP contribution < -0.4 is 11.1 Å². The molecule has 9 heteroatoms. The Kier molecular flexibility index (Phi) is 3.53. The van der Waals surface area contributed by atoms with Gasteiger partial charge in [0, 0.05) is 5.38 Å². The Morgan fingerprint density at radius 1 is 1.56 bits per heavy atom. The standard InChI is InChI=1S/C7H9N7S.H2O/c1-3-10-5(14-13-3)4-2-15-7(11-4)12-6(8)9;/h2H,1H3,(H,10,13,14)(H4,8,9,11,12);1H2. The third kappa shape index (κ3) is 2.52. The molecule has 0 saturated carbocycles. The molecule has 0 unspecified atom stereocenters. The van der Waals surface area contributed by atoms with Gasteiger partial charge in [-0.3, -0.25) is 10.5 Å². The topological polar surface area (TPSA) is 148 Å². The molecule has 2 aromatic heterocycles. The number of anilines is 1. The first-order valence-corrected chi connectivity index (χ1v) is 4.99. The molecule has 2 rings (SSSR count). The van der Waals surface area contributed by atoms with Crippen molar-refractivity contribution in [2.75, 3.05) is 5.32 Å². The lowest BCUT2D eigenvalue weighted by molar-refractivity contribution is 0.824. The number of nitrogens with two attached hydrogens (primary N) is 1. The van der Waals surface area contributed by atoms with Crippen LogP contribution in [0, 0.1) is 12.3 Å². The van der Waals surface area contributed by atoms with Crippen LogP contribution in [-0.4, -0.2) is 31.6 Å². The van der Waals surface area contributed by atoms with Crippen molar-refractivity contribution in [2.45, 2.75) is 6.92 Å². The summed E-state index contributed by atoms with van der Waals surface area (Å²) >= 11 is 1.35. The molecule has 0 saturated heterocycles. The monoisotopic (exact) mass is 241 g/mol. The van der Waals surface area contributed by atoms with Gasteiger partial charge in [-0.2, -0.15) is 5.10 Å². The maximum absolute atomic E-state index is 7.05. The van der Waals surface area contributed by atoms with Gasteiger partial charge in [0.1, 0.15) is 11.5 Å². The lowest BCUT2D eigenvalue weighted by atomic mass is 10.5. The van der Waals surface area contributed by atoms with Crippen LogP contribution in [0.2, 0.25) is 0 Å². The van der Waals surface area contributed by atoms with E-state index in [2.05, 4.69) is 25.5 Å². The summed E-state index contributed by atoms with van der Waals surface area (Å²) < 4.78 is 0. The van der Waals surface area contributed by atoms with Crippen LogP contribution in [0.15, 0.2) is 5.38 Å². The lowest BCUT2D eigenvalue weighted by Crippen LogP contribution is -2.20. The van der Waals surface area contributed by atoms with Gasteiger partial charge in [-0.05, 0) is 6.92 Å². The summed E-state index contributed by atoms with van der Waals surface area (Å²) in [6, 6.07) is 0. The zero-order valence-corrected chi connectivity index (χ0v) is 9.22. The third-order valence-electron chi connectivity index (χ3n) is 1.59. The fourth-order valence-electron chi connectivity index (χ4n) is 1.02. The Labute approximate surface area is 94.8 Å². The van der Waals surface area contributed by atoms with Crippen LogP contribution in [0.1, 0.15) is 5.82 Å². The molecule has 0 aromatic carbocycles. The van der Waals surface area contributed by atoms with Crippen LogP contribution in [0.5, 0.6) is 0 Å². The predicted molar refractivity (Wildman–Crippen MR) is 61.4 cm³/mol. The molecule has 0 fully saturated rings. The normalized spacial score (nSPS) is 9.56. The van der Waals surface area contributed by atoms with Crippen molar-refractivity contribution in [3.8, 4) is 11.5 Å². The Morgan fingerprint density at radius 3 is 2.88 bits per heavy atom. The van der Waals surface area contributed by atoms with E-state index < -0.39 is 0 Å². The Bertz CT molecular complexity index is 490. The summed E-state index contributed by atoms with van der Waals surface area (Å²) in [6.07, 6.45) is 0. The van der Waals surface area contributed by atoms with Crippen LogP contribution in [0.4, 0.5) is 5.13 Å². The van der Waals surface area contributed by atoms with Gasteiger partial charge in [0.2, 0.25) is 0 Å². The number of hydrogen-bond acceptors (Lipinski definition) is 5. The van der Waals surface area contributed by atoms with Crippen molar-refractivity contribution in [3.63, 3.8) is 0 Å². The van der Waals surface area contributed by atoms with E-state index in [1.807, 2.05) is 5.38 Å². The minimum atomic E-state index is -0.135. The molecule has 0 aliphatic rings. The highest BCUT2D eigenvalue weighted by Gasteiger charge is 2.08. The summed E-state index contributed by atoms with van der Waals surface area (Å²) in [5.74, 6) is 1.14. The van der Waals surface area contributed by atoms with E-state index in [0.29, 0.717) is 22.5 Å². The van der Waals surface area contributed by atoms with Crippen molar-refractivity contribution in [1.82, 2.24) is 20.2 Å². The largest absolute Gasteiger partial charge is 0.412 e. The molecule has 7 N–H and O–H groups in total. The van der Waals surface area contributed by atoms with E-state index in [-0.39, 0.29) is 11.4 Å². The van der Waals surface area contributed by atoms with Crippen LogP contribution in [0.3, 0.4) is 0 Å². The van der Waals surface area contributed by atoms with Gasteiger partial charge in [0.15, 0.2) is 16.9 Å². The molecule has 0 aliphatic heterocycles. The van der Waals surface area contributed by atoms with Crippen molar-refractivity contribution in [2.24, 2.45) is 5.73 Å². The number of nitrogens with one attached hydrogen (secondary N) is 3. The fourth-order valence-corrected chi connectivity index (χ4v) is 1.72. The minimum Gasteiger partial charge on any atom is -0.412 e. The van der Waals surface area contributed by atoms with E-state index >= 15 is 0 Å². The first-order valence-electron chi connectivity index (χ1n) is 4.11. The lowest BCUT2D eigenvalue weighted by Gasteiger charge is -1.95. The molecule has 0 amide bonds. The molecule has 16 heavy (non-hydrogen) atoms. The van der Waals surface area contributed by atoms with E-state index in [1.165, 1.54) is 11.3 Å². The molecular formula is C7H11N7OS. The zero-order valence-electron chi connectivity index (χ0n) is 8.40. The summed E-state index contributed by atoms with van der Waals surface area (Å²) in [7, 11) is 0. The van der Waals surface area contributed by atoms with Gasteiger partial charge in [-0.15, -0.1) is 11.3 Å². The van der Waals surface area contributed by atoms with E-state index in [1.54, 1.807) is 6.92 Å². The minimum absolute atomic E-state index is 0. The highest BCUT2D eigenvalue weighted by molar-refractivity contribution is 7.14. The maximum atomic E-state index is 7.05. The second-order valence-corrected chi connectivity index (χ2v) is 3.67. The average Bonchev–Trinajstić information content (AvgIpc) is 2.72. The number of aromatic nitrogens is 4. The van der Waals surface area contributed by atoms with Crippen LogP contribution in [0.25, 0.3) is 11.5 Å². The quantitative estimate of drug-likeness (QED) is 0.421. The van der Waals surface area contributed by atoms with Gasteiger partial charge < -0.3 is 16.5 Å². The average molecular weight is 241 g/mol. The number of thiazole rings is 1. The van der Waals surface area contributed by atoms with Gasteiger partial charge in [0.05, 0.1) is 0 Å². The first-order chi connectivity index (χ1) is 7.15. The van der Waals surface area contributed by atoms with Crippen molar-refractivity contribution < 1.29 is 5.48 Å². The van der Waals surface area contributed by atoms with E-state index in [9.17, 15) is 0 Å². The summed E-state index contributed by atoms with van der Waals surface area (Å²) in [6.45, 7) is 1.79. The number of nitrogens with zero attached hydrogens (tertiary/aromatic N) is 3. The first kappa shape index (κ1) is 12.1. The summed E-state index contributed by atoms with van der Waals surface area (Å²) in [5, 5.41) is 18.7. The molecule has 2 aromatic rings. The van der Waals surface area contributed by atoms with Crippen molar-refractivity contribution >= 4 is 22.4 Å². The number of aryl methyl sites for hydroxylation is 1. The number of aromatic amines is 1. The Hall–Kier alpha value is -2.00. The highest BCUT2D eigenvalue weighted by Crippen LogP contribution is 2.21. The Balaban J connectivity index is 0.00000128. The molecule has 0 atom stereocenters. The SMILES string of the molecule is Cc1n[nH]c(-c2csc(NC(=N)N)n2)n1.O. The number of rotatable bonds is 2. The zero-order chi connectivity index (χ0) is 10.8. The van der Waals surface area contributed by atoms with Crippen molar-refractivity contribution in [3.05, 3.63) is 11.2 Å². The molecule has 86 valence electrons. The molecule has 8 nitrogen and oxygen atoms in total. The molecule has 0 bridgehead atoms. The van der Waals surface area contributed by atoms with Gasteiger partial charge >= 0.3 is 0 Å². The third-order valence-corrected chi connectivity index (χ3v) is 2.34. The summed E-state index contributed by atoms with van der Waals surface area (Å²) in [4.78, 5) is 8.33. The fraction of sp³-hybridized carbons (Fsp3) is 0.143. The Morgan fingerprint density at radius 2 is 2.31 bits per heavy atom. The van der Waals surface area contributed by atoms with Gasteiger partial charge in [0.25, 0.3) is 0 Å². The van der Waals surface area contributed by atoms with E-state index in [0.717, 1.165) is 0 Å². The van der Waals surface area contributed by atoms with Gasteiger partial charge in [-0.25, -0.2) is 9.97 Å². The molecule has 0 aliphatic carbocycles. The summed E-state index contributed by atoms with van der Waals surface area (Å²) in [5.41, 5.74) is 5.86. The smallest absolute Gasteiger partial charge is 0.192 e. The predicted octanol–water partition coefficient (Wildman–Crippen LogP) is -0.283. The number of H-pyrrole nitrogens is 1.